The third-order valence-electron chi connectivity index (χ3n) is 5.57. The molecule has 1 aromatic rings. The highest BCUT2D eigenvalue weighted by atomic mass is 32.2. The summed E-state index contributed by atoms with van der Waals surface area (Å²) in [4.78, 5) is 25.3. The van der Waals surface area contributed by atoms with Crippen LogP contribution in [-0.2, 0) is 4.74 Å². The minimum Gasteiger partial charge on any atom is -0.388 e. The molecule has 26 heavy (non-hydrogen) atoms. The van der Waals surface area contributed by atoms with Crippen molar-refractivity contribution >= 4 is 17.7 Å². The van der Waals surface area contributed by atoms with E-state index in [1.54, 1.807) is 12.4 Å². The van der Waals surface area contributed by atoms with Gasteiger partial charge < -0.3 is 14.7 Å². The average molecular weight is 381 g/mol. The molecule has 1 atom stereocenters. The minimum atomic E-state index is -0.819. The number of rotatable bonds is 4. The number of carbonyl (C=O) groups excluding carboxylic acids is 1. The number of hydrogen-bond acceptors (Lipinski definition) is 7. The molecular formula is C18H28N4O3S. The molecule has 0 spiro atoms. The molecule has 0 unspecified atom stereocenters. The van der Waals surface area contributed by atoms with Gasteiger partial charge in [0.15, 0.2) is 5.16 Å². The van der Waals surface area contributed by atoms with E-state index in [0.29, 0.717) is 50.0 Å². The summed E-state index contributed by atoms with van der Waals surface area (Å²) in [6, 6.07) is 0. The Morgan fingerprint density at radius 1 is 1.27 bits per heavy atom. The number of hydrogen-bond donors (Lipinski definition) is 1. The monoisotopic (exact) mass is 380 g/mol. The number of piperidine rings is 1. The SMILES string of the molecule is CSc1ncc(C(=O)N2CC[C@](O)(CN3CCOCC3)C(C)(C)C2)cn1. The molecule has 1 aromatic heterocycles. The number of ether oxygens (including phenoxy) is 1. The molecule has 2 aliphatic heterocycles. The summed E-state index contributed by atoms with van der Waals surface area (Å²) in [7, 11) is 0. The normalized spacial score (nSPS) is 26.7. The second-order valence-electron chi connectivity index (χ2n) is 7.74. The molecule has 3 rings (SSSR count). The Morgan fingerprint density at radius 2 is 1.92 bits per heavy atom. The first-order valence-electron chi connectivity index (χ1n) is 9.02. The number of carbonyl (C=O) groups is 1. The lowest BCUT2D eigenvalue weighted by molar-refractivity contribution is -0.133. The average Bonchev–Trinajstić information content (AvgIpc) is 2.64. The Bertz CT molecular complexity index is 634. The first-order chi connectivity index (χ1) is 12.3. The van der Waals surface area contributed by atoms with Gasteiger partial charge in [-0.15, -0.1) is 0 Å². The van der Waals surface area contributed by atoms with E-state index < -0.39 is 11.0 Å². The third-order valence-corrected chi connectivity index (χ3v) is 6.15. The summed E-state index contributed by atoms with van der Waals surface area (Å²) in [6.07, 6.45) is 5.64. The zero-order valence-corrected chi connectivity index (χ0v) is 16.6. The van der Waals surface area contributed by atoms with Crippen LogP contribution in [0.1, 0.15) is 30.6 Å². The highest BCUT2D eigenvalue weighted by Crippen LogP contribution is 2.39. The molecule has 3 heterocycles. The van der Waals surface area contributed by atoms with Gasteiger partial charge in [0.2, 0.25) is 0 Å². The first kappa shape index (κ1) is 19.5. The number of morpholine rings is 1. The molecule has 0 aromatic carbocycles. The van der Waals surface area contributed by atoms with Crippen LogP contribution in [0, 0.1) is 5.41 Å². The molecule has 144 valence electrons. The summed E-state index contributed by atoms with van der Waals surface area (Å²) in [5.74, 6) is -0.0702. The van der Waals surface area contributed by atoms with Crippen LogP contribution in [0.4, 0.5) is 0 Å². The molecular weight excluding hydrogens is 352 g/mol. The van der Waals surface area contributed by atoms with Crippen LogP contribution >= 0.6 is 11.8 Å². The Hall–Kier alpha value is -1.22. The summed E-state index contributed by atoms with van der Waals surface area (Å²) < 4.78 is 5.40. The Morgan fingerprint density at radius 3 is 2.50 bits per heavy atom. The van der Waals surface area contributed by atoms with Crippen molar-refractivity contribution in [3.63, 3.8) is 0 Å². The van der Waals surface area contributed by atoms with E-state index in [2.05, 4.69) is 14.9 Å². The smallest absolute Gasteiger partial charge is 0.257 e. The van der Waals surface area contributed by atoms with E-state index >= 15 is 0 Å². The highest BCUT2D eigenvalue weighted by molar-refractivity contribution is 7.98. The number of thioether (sulfide) groups is 1. The summed E-state index contributed by atoms with van der Waals surface area (Å²) >= 11 is 1.45. The standard InChI is InChI=1S/C18H28N4O3S/c1-17(2)12-22(15(23)14-10-19-16(26-3)20-11-14)5-4-18(17,24)13-21-6-8-25-9-7-21/h10-11,24H,4-9,12-13H2,1-3H3/t18-/m0/s1. The fourth-order valence-electron chi connectivity index (χ4n) is 3.67. The molecule has 0 aliphatic carbocycles. The van der Waals surface area contributed by atoms with E-state index in [0.717, 1.165) is 13.1 Å². The maximum atomic E-state index is 12.8. The van der Waals surface area contributed by atoms with E-state index in [1.165, 1.54) is 11.8 Å². The lowest BCUT2D eigenvalue weighted by atomic mass is 9.69. The van der Waals surface area contributed by atoms with Gasteiger partial charge in [-0.05, 0) is 12.7 Å². The quantitative estimate of drug-likeness (QED) is 0.620. The molecule has 8 heteroatoms. The van der Waals surface area contributed by atoms with Crippen LogP contribution in [0.25, 0.3) is 0 Å². The van der Waals surface area contributed by atoms with Gasteiger partial charge in [-0.1, -0.05) is 25.6 Å². The zero-order chi connectivity index (χ0) is 18.8. The van der Waals surface area contributed by atoms with Gasteiger partial charge in [0.25, 0.3) is 5.91 Å². The summed E-state index contributed by atoms with van der Waals surface area (Å²) in [6.45, 7) is 8.88. The van der Waals surface area contributed by atoms with Crippen molar-refractivity contribution in [2.24, 2.45) is 5.41 Å². The number of likely N-dealkylation sites (tertiary alicyclic amines) is 1. The Kier molecular flexibility index (Phi) is 5.86. The van der Waals surface area contributed by atoms with E-state index in [1.807, 2.05) is 25.0 Å². The third kappa shape index (κ3) is 4.03. The number of aromatic nitrogens is 2. The van der Waals surface area contributed by atoms with Crippen molar-refractivity contribution in [1.82, 2.24) is 19.8 Å². The maximum absolute atomic E-state index is 12.8. The molecule has 2 saturated heterocycles. The fraction of sp³-hybridized carbons (Fsp3) is 0.722. The molecule has 2 fully saturated rings. The number of aliphatic hydroxyl groups is 1. The van der Waals surface area contributed by atoms with Crippen molar-refractivity contribution in [3.05, 3.63) is 18.0 Å². The Labute approximate surface area is 159 Å². The van der Waals surface area contributed by atoms with Gasteiger partial charge in [0.1, 0.15) is 0 Å². The maximum Gasteiger partial charge on any atom is 0.257 e. The second kappa shape index (κ2) is 7.80. The molecule has 0 saturated carbocycles. The number of nitrogens with zero attached hydrogens (tertiary/aromatic N) is 4. The minimum absolute atomic E-state index is 0.0702. The van der Waals surface area contributed by atoms with Crippen molar-refractivity contribution in [2.75, 3.05) is 52.2 Å². The highest BCUT2D eigenvalue weighted by Gasteiger charge is 2.49. The number of amides is 1. The van der Waals surface area contributed by atoms with E-state index in [4.69, 9.17) is 4.74 Å². The van der Waals surface area contributed by atoms with Gasteiger partial charge in [-0.2, -0.15) is 0 Å². The van der Waals surface area contributed by atoms with Crippen LogP contribution in [0.5, 0.6) is 0 Å². The van der Waals surface area contributed by atoms with Crippen LogP contribution in [-0.4, -0.2) is 88.6 Å². The largest absolute Gasteiger partial charge is 0.388 e. The van der Waals surface area contributed by atoms with Crippen molar-refractivity contribution < 1.29 is 14.6 Å². The van der Waals surface area contributed by atoms with Crippen LogP contribution in [0.15, 0.2) is 17.6 Å². The number of β-amino-alcohol motifs (C(OH)–C–C–N with tert-alkyl or cyclic N) is 1. The van der Waals surface area contributed by atoms with Gasteiger partial charge >= 0.3 is 0 Å². The predicted molar refractivity (Wildman–Crippen MR) is 100 cm³/mol. The van der Waals surface area contributed by atoms with E-state index in [-0.39, 0.29) is 5.91 Å². The van der Waals surface area contributed by atoms with Gasteiger partial charge in [0.05, 0.1) is 24.4 Å². The first-order valence-corrected chi connectivity index (χ1v) is 10.2. The van der Waals surface area contributed by atoms with Crippen molar-refractivity contribution in [3.8, 4) is 0 Å². The van der Waals surface area contributed by atoms with E-state index in [9.17, 15) is 9.90 Å². The molecule has 2 aliphatic rings. The molecule has 1 N–H and O–H groups in total. The molecule has 7 nitrogen and oxygen atoms in total. The van der Waals surface area contributed by atoms with Crippen LogP contribution in [0.3, 0.4) is 0 Å². The summed E-state index contributed by atoms with van der Waals surface area (Å²) in [5, 5.41) is 12.0. The lowest BCUT2D eigenvalue weighted by Crippen LogP contribution is -2.63. The summed E-state index contributed by atoms with van der Waals surface area (Å²) in [5.41, 5.74) is -0.725. The van der Waals surface area contributed by atoms with Gasteiger partial charge in [0, 0.05) is 50.5 Å². The zero-order valence-electron chi connectivity index (χ0n) is 15.8. The Balaban J connectivity index is 1.67. The van der Waals surface area contributed by atoms with Crippen LogP contribution in [0.2, 0.25) is 0 Å². The predicted octanol–water partition coefficient (Wildman–Crippen LogP) is 1.13. The van der Waals surface area contributed by atoms with Crippen molar-refractivity contribution in [1.29, 1.82) is 0 Å². The molecule has 1 amide bonds. The van der Waals surface area contributed by atoms with Gasteiger partial charge in [-0.3, -0.25) is 9.69 Å². The lowest BCUT2D eigenvalue weighted by Gasteiger charge is -2.52. The van der Waals surface area contributed by atoms with Gasteiger partial charge in [-0.25, -0.2) is 9.97 Å². The van der Waals surface area contributed by atoms with Crippen molar-refractivity contribution in [2.45, 2.75) is 31.0 Å². The topological polar surface area (TPSA) is 78.8 Å². The second-order valence-corrected chi connectivity index (χ2v) is 8.51. The molecule has 0 radical (unpaired) electrons. The fourth-order valence-corrected chi connectivity index (χ4v) is 3.99. The molecule has 0 bridgehead atoms. The van der Waals surface area contributed by atoms with Crippen LogP contribution < -0.4 is 0 Å².